The normalized spacial score (nSPS) is 11.3. The van der Waals surface area contributed by atoms with Crippen molar-refractivity contribution in [1.82, 2.24) is 15.0 Å². The summed E-state index contributed by atoms with van der Waals surface area (Å²) in [5.74, 6) is 0.222. The number of hydrogen-bond donors (Lipinski definition) is 1. The summed E-state index contributed by atoms with van der Waals surface area (Å²) >= 11 is 0. The molecular formula is C21H16N4O2. The van der Waals surface area contributed by atoms with Gasteiger partial charge in [-0.2, -0.15) is 0 Å². The van der Waals surface area contributed by atoms with Crippen molar-refractivity contribution >= 4 is 39.7 Å². The third-order valence-corrected chi connectivity index (χ3v) is 4.03. The number of pyridine rings is 1. The van der Waals surface area contributed by atoms with E-state index in [-0.39, 0.29) is 6.61 Å². The molecule has 0 saturated heterocycles. The number of nitrogens with two attached hydrogens (primary N) is 1. The largest absolute Gasteiger partial charge is 0.454 e. The predicted octanol–water partition coefficient (Wildman–Crippen LogP) is 3.52. The minimum absolute atomic E-state index is 0.0522. The highest BCUT2D eigenvalue weighted by atomic mass is 16.5. The van der Waals surface area contributed by atoms with Gasteiger partial charge in [0.1, 0.15) is 5.82 Å². The lowest BCUT2D eigenvalue weighted by Gasteiger charge is -2.05. The van der Waals surface area contributed by atoms with Crippen LogP contribution in [0, 0.1) is 0 Å². The van der Waals surface area contributed by atoms with E-state index in [0.29, 0.717) is 22.9 Å². The fraction of sp³-hybridized carbons (Fsp3) is 0.0476. The highest BCUT2D eigenvalue weighted by molar-refractivity contribution is 5.88. The molecule has 0 bridgehead atoms. The SMILES string of the molecule is Nc1nc(COC(=O)/C=C/c2ccc3ccccc3n2)nc2ccccc12. The van der Waals surface area contributed by atoms with Gasteiger partial charge in [-0.15, -0.1) is 0 Å². The number of esters is 1. The molecule has 4 rings (SSSR count). The zero-order valence-corrected chi connectivity index (χ0v) is 14.4. The molecule has 0 spiro atoms. The number of anilines is 1. The van der Waals surface area contributed by atoms with Gasteiger partial charge in [-0.05, 0) is 30.3 Å². The average molecular weight is 356 g/mol. The van der Waals surface area contributed by atoms with E-state index in [1.54, 1.807) is 6.08 Å². The van der Waals surface area contributed by atoms with Crippen molar-refractivity contribution < 1.29 is 9.53 Å². The number of nitrogens with zero attached hydrogens (tertiary/aromatic N) is 3. The molecule has 0 aliphatic carbocycles. The van der Waals surface area contributed by atoms with Crippen LogP contribution in [0.25, 0.3) is 27.9 Å². The van der Waals surface area contributed by atoms with E-state index in [1.807, 2.05) is 60.7 Å². The van der Waals surface area contributed by atoms with Gasteiger partial charge >= 0.3 is 5.97 Å². The van der Waals surface area contributed by atoms with Crippen LogP contribution >= 0.6 is 0 Å². The van der Waals surface area contributed by atoms with Crippen LogP contribution in [-0.4, -0.2) is 20.9 Å². The maximum absolute atomic E-state index is 12.0. The summed E-state index contributed by atoms with van der Waals surface area (Å²) in [6.07, 6.45) is 2.95. The first kappa shape index (κ1) is 16.7. The van der Waals surface area contributed by atoms with Crippen molar-refractivity contribution in [1.29, 1.82) is 0 Å². The molecular weight excluding hydrogens is 340 g/mol. The summed E-state index contributed by atoms with van der Waals surface area (Å²) in [6.45, 7) is -0.0522. The Morgan fingerprint density at radius 1 is 0.926 bits per heavy atom. The van der Waals surface area contributed by atoms with Gasteiger partial charge in [0.15, 0.2) is 12.4 Å². The minimum atomic E-state index is -0.500. The number of para-hydroxylation sites is 2. The molecule has 132 valence electrons. The second-order valence-electron chi connectivity index (χ2n) is 5.91. The molecule has 2 aromatic carbocycles. The Hall–Kier alpha value is -3.80. The molecule has 2 N–H and O–H groups in total. The standard InChI is InChI=1S/C21H16N4O2/c22-21-16-6-2-4-8-18(16)24-19(25-21)13-27-20(26)12-11-15-10-9-14-5-1-3-7-17(14)23-15/h1-12H,13H2,(H2,22,24,25)/b12-11+. The second kappa shape index (κ2) is 7.21. The van der Waals surface area contributed by atoms with Crippen LogP contribution in [0.2, 0.25) is 0 Å². The van der Waals surface area contributed by atoms with Gasteiger partial charge in [0, 0.05) is 16.8 Å². The molecule has 2 heterocycles. The lowest BCUT2D eigenvalue weighted by molar-refractivity contribution is -0.139. The van der Waals surface area contributed by atoms with Gasteiger partial charge in [-0.1, -0.05) is 36.4 Å². The number of ether oxygens (including phenoxy) is 1. The summed E-state index contributed by atoms with van der Waals surface area (Å²) in [4.78, 5) is 25.0. The molecule has 6 nitrogen and oxygen atoms in total. The van der Waals surface area contributed by atoms with Crippen LogP contribution in [0.3, 0.4) is 0 Å². The molecule has 0 radical (unpaired) electrons. The number of hydrogen-bond acceptors (Lipinski definition) is 6. The first-order valence-electron chi connectivity index (χ1n) is 8.41. The molecule has 0 aliphatic heterocycles. The van der Waals surface area contributed by atoms with Crippen LogP contribution in [0.1, 0.15) is 11.5 Å². The molecule has 0 aliphatic rings. The molecule has 0 saturated carbocycles. The van der Waals surface area contributed by atoms with E-state index >= 15 is 0 Å². The third-order valence-electron chi connectivity index (χ3n) is 4.03. The highest BCUT2D eigenvalue weighted by Gasteiger charge is 2.07. The zero-order chi connectivity index (χ0) is 18.6. The average Bonchev–Trinajstić information content (AvgIpc) is 2.70. The van der Waals surface area contributed by atoms with Gasteiger partial charge in [0.25, 0.3) is 0 Å². The molecule has 0 fully saturated rings. The number of aromatic nitrogens is 3. The number of carbonyl (C=O) groups excluding carboxylic acids is 1. The summed E-state index contributed by atoms with van der Waals surface area (Å²) in [7, 11) is 0. The molecule has 0 amide bonds. The van der Waals surface area contributed by atoms with Crippen LogP contribution in [0.4, 0.5) is 5.82 Å². The zero-order valence-electron chi connectivity index (χ0n) is 14.4. The van der Waals surface area contributed by atoms with Crippen molar-refractivity contribution in [2.45, 2.75) is 6.61 Å². The van der Waals surface area contributed by atoms with Gasteiger partial charge in [-0.25, -0.2) is 19.7 Å². The predicted molar refractivity (Wildman–Crippen MR) is 105 cm³/mol. The van der Waals surface area contributed by atoms with Crippen LogP contribution in [0.15, 0.2) is 66.7 Å². The maximum Gasteiger partial charge on any atom is 0.331 e. The molecule has 0 atom stereocenters. The third kappa shape index (κ3) is 3.74. The Morgan fingerprint density at radius 3 is 2.59 bits per heavy atom. The van der Waals surface area contributed by atoms with E-state index in [9.17, 15) is 4.79 Å². The molecule has 6 heteroatoms. The van der Waals surface area contributed by atoms with Crippen molar-refractivity contribution in [2.24, 2.45) is 0 Å². The summed E-state index contributed by atoms with van der Waals surface area (Å²) < 4.78 is 5.21. The summed E-state index contributed by atoms with van der Waals surface area (Å²) in [5.41, 5.74) is 8.19. The first-order chi connectivity index (χ1) is 13.2. The van der Waals surface area contributed by atoms with E-state index in [2.05, 4.69) is 15.0 Å². The number of rotatable bonds is 4. The first-order valence-corrected chi connectivity index (χ1v) is 8.41. The Kier molecular flexibility index (Phi) is 4.45. The Labute approximate surface area is 155 Å². The van der Waals surface area contributed by atoms with E-state index < -0.39 is 5.97 Å². The van der Waals surface area contributed by atoms with Crippen molar-refractivity contribution in [2.75, 3.05) is 5.73 Å². The smallest absolute Gasteiger partial charge is 0.331 e. The van der Waals surface area contributed by atoms with Gasteiger partial charge in [0.2, 0.25) is 0 Å². The van der Waals surface area contributed by atoms with Gasteiger partial charge in [0.05, 0.1) is 16.7 Å². The van der Waals surface area contributed by atoms with Gasteiger partial charge in [-0.3, -0.25) is 0 Å². The Bertz CT molecular complexity index is 1170. The van der Waals surface area contributed by atoms with Gasteiger partial charge < -0.3 is 10.5 Å². The Morgan fingerprint density at radius 2 is 1.70 bits per heavy atom. The fourth-order valence-corrected chi connectivity index (χ4v) is 2.73. The van der Waals surface area contributed by atoms with Crippen molar-refractivity contribution in [3.05, 3.63) is 78.3 Å². The lowest BCUT2D eigenvalue weighted by Crippen LogP contribution is -2.06. The van der Waals surface area contributed by atoms with E-state index in [0.717, 1.165) is 16.3 Å². The van der Waals surface area contributed by atoms with Crippen molar-refractivity contribution in [3.8, 4) is 0 Å². The monoisotopic (exact) mass is 356 g/mol. The van der Waals surface area contributed by atoms with Crippen LogP contribution in [0.5, 0.6) is 0 Å². The maximum atomic E-state index is 12.0. The fourth-order valence-electron chi connectivity index (χ4n) is 2.73. The van der Waals surface area contributed by atoms with Crippen LogP contribution < -0.4 is 5.73 Å². The number of benzene rings is 2. The molecule has 2 aromatic heterocycles. The molecule has 27 heavy (non-hydrogen) atoms. The second-order valence-corrected chi connectivity index (χ2v) is 5.91. The molecule has 0 unspecified atom stereocenters. The quantitative estimate of drug-likeness (QED) is 0.444. The Balaban J connectivity index is 1.43. The van der Waals surface area contributed by atoms with E-state index in [1.165, 1.54) is 6.08 Å². The van der Waals surface area contributed by atoms with Crippen LogP contribution in [-0.2, 0) is 16.1 Å². The number of fused-ring (bicyclic) bond motifs is 2. The summed E-state index contributed by atoms with van der Waals surface area (Å²) in [5, 5.41) is 1.82. The topological polar surface area (TPSA) is 91.0 Å². The van der Waals surface area contributed by atoms with E-state index in [4.69, 9.17) is 10.5 Å². The minimum Gasteiger partial charge on any atom is -0.454 e. The van der Waals surface area contributed by atoms with Crippen molar-refractivity contribution in [3.63, 3.8) is 0 Å². The number of nitrogen functional groups attached to an aromatic ring is 1. The highest BCUT2D eigenvalue weighted by Crippen LogP contribution is 2.17. The lowest BCUT2D eigenvalue weighted by atomic mass is 10.2. The summed E-state index contributed by atoms with van der Waals surface area (Å²) in [6, 6.07) is 19.0. The molecule has 4 aromatic rings. The number of carbonyl (C=O) groups is 1.